The molecule has 0 saturated carbocycles. The monoisotopic (exact) mass is 310 g/mol. The molecule has 116 valence electrons. The van der Waals surface area contributed by atoms with E-state index in [0.29, 0.717) is 33.9 Å². The zero-order valence-electron chi connectivity index (χ0n) is 12.6. The molecule has 0 bridgehead atoms. The highest BCUT2D eigenvalue weighted by Gasteiger charge is 2.44. The molecule has 4 rings (SSSR count). The zero-order valence-corrected chi connectivity index (χ0v) is 12.6. The zero-order chi connectivity index (χ0) is 16.1. The Morgan fingerprint density at radius 2 is 1.70 bits per heavy atom. The lowest BCUT2D eigenvalue weighted by molar-refractivity contribution is 0.0912. The van der Waals surface area contributed by atoms with Gasteiger partial charge in [0.15, 0.2) is 11.5 Å². The van der Waals surface area contributed by atoms with Crippen molar-refractivity contribution in [3.8, 4) is 11.5 Å². The number of fused-ring (bicyclic) bond motifs is 5. The maximum atomic E-state index is 12.8. The number of hydrogen-bond acceptors (Lipinski definition) is 4. The van der Waals surface area contributed by atoms with Crippen molar-refractivity contribution in [3.63, 3.8) is 0 Å². The number of nitrogens with zero attached hydrogens (tertiary/aromatic N) is 1. The molecule has 2 aliphatic heterocycles. The van der Waals surface area contributed by atoms with Crippen LogP contribution in [-0.2, 0) is 0 Å². The van der Waals surface area contributed by atoms with Crippen LogP contribution in [0.3, 0.4) is 0 Å². The number of para-hydroxylation sites is 1. The average molecular weight is 310 g/mol. The summed E-state index contributed by atoms with van der Waals surface area (Å²) in [5, 5.41) is 2.88. The van der Waals surface area contributed by atoms with Crippen molar-refractivity contribution < 1.29 is 19.1 Å². The fraction of sp³-hybridized carbons (Fsp3) is 0.176. The van der Waals surface area contributed by atoms with Crippen LogP contribution in [0.2, 0.25) is 0 Å². The van der Waals surface area contributed by atoms with Crippen LogP contribution in [0, 0.1) is 0 Å². The predicted octanol–water partition coefficient (Wildman–Crippen LogP) is 2.11. The van der Waals surface area contributed by atoms with E-state index >= 15 is 0 Å². The molecular formula is C17H14N2O4. The molecule has 2 amide bonds. The molecule has 0 radical (unpaired) electrons. The minimum absolute atomic E-state index is 0.168. The van der Waals surface area contributed by atoms with Crippen LogP contribution in [0.25, 0.3) is 0 Å². The Morgan fingerprint density at radius 1 is 1.00 bits per heavy atom. The van der Waals surface area contributed by atoms with Crippen LogP contribution in [-0.4, -0.2) is 26.0 Å². The molecule has 23 heavy (non-hydrogen) atoms. The topological polar surface area (TPSA) is 67.9 Å². The lowest BCUT2D eigenvalue weighted by Crippen LogP contribution is -2.45. The summed E-state index contributed by atoms with van der Waals surface area (Å²) in [5.74, 6) is 0.642. The highest BCUT2D eigenvalue weighted by atomic mass is 16.5. The molecule has 0 aliphatic carbocycles. The SMILES string of the molecule is COc1cc2c(cc1OC)C1NC(=O)c3ccccc3N1C2=O. The number of anilines is 1. The van der Waals surface area contributed by atoms with E-state index in [1.807, 2.05) is 6.07 Å². The summed E-state index contributed by atoms with van der Waals surface area (Å²) in [5.41, 5.74) is 2.31. The van der Waals surface area contributed by atoms with E-state index in [2.05, 4.69) is 5.32 Å². The molecule has 1 atom stereocenters. The van der Waals surface area contributed by atoms with Crippen molar-refractivity contribution in [2.45, 2.75) is 6.17 Å². The molecular weight excluding hydrogens is 296 g/mol. The molecule has 0 fully saturated rings. The summed E-state index contributed by atoms with van der Waals surface area (Å²) in [6, 6.07) is 10.5. The van der Waals surface area contributed by atoms with E-state index in [9.17, 15) is 9.59 Å². The number of carbonyl (C=O) groups excluding carboxylic acids is 2. The van der Waals surface area contributed by atoms with Crippen molar-refractivity contribution in [3.05, 3.63) is 53.1 Å². The summed E-state index contributed by atoms with van der Waals surface area (Å²) in [6.07, 6.45) is -0.528. The van der Waals surface area contributed by atoms with Gasteiger partial charge in [0.2, 0.25) is 0 Å². The fourth-order valence-corrected chi connectivity index (χ4v) is 3.16. The van der Waals surface area contributed by atoms with Crippen LogP contribution < -0.4 is 19.7 Å². The number of ether oxygens (including phenoxy) is 2. The van der Waals surface area contributed by atoms with E-state index in [1.54, 1.807) is 35.2 Å². The van der Waals surface area contributed by atoms with Gasteiger partial charge in [-0.15, -0.1) is 0 Å². The molecule has 2 aromatic rings. The Kier molecular flexibility index (Phi) is 2.81. The standard InChI is InChI=1S/C17H14N2O4/c1-22-13-7-10-11(8-14(13)23-2)17(21)19-12-6-4-3-5-9(12)16(20)18-15(10)19/h3-8,15H,1-2H3,(H,18,20). The van der Waals surface area contributed by atoms with Gasteiger partial charge in [-0.2, -0.15) is 0 Å². The lowest BCUT2D eigenvalue weighted by atomic mass is 10.0. The van der Waals surface area contributed by atoms with Gasteiger partial charge in [0, 0.05) is 5.56 Å². The molecule has 2 aliphatic rings. The average Bonchev–Trinajstić information content (AvgIpc) is 2.86. The Bertz CT molecular complexity index is 846. The second kappa shape index (κ2) is 4.74. The minimum Gasteiger partial charge on any atom is -0.493 e. The van der Waals surface area contributed by atoms with Crippen molar-refractivity contribution in [1.82, 2.24) is 5.32 Å². The molecule has 0 aromatic heterocycles. The first-order chi connectivity index (χ1) is 11.2. The Morgan fingerprint density at radius 3 is 2.43 bits per heavy atom. The summed E-state index contributed by atoms with van der Waals surface area (Å²) >= 11 is 0. The van der Waals surface area contributed by atoms with E-state index in [4.69, 9.17) is 9.47 Å². The van der Waals surface area contributed by atoms with Gasteiger partial charge >= 0.3 is 0 Å². The van der Waals surface area contributed by atoms with Gasteiger partial charge in [0.25, 0.3) is 11.8 Å². The van der Waals surface area contributed by atoms with Crippen molar-refractivity contribution >= 4 is 17.5 Å². The summed E-state index contributed by atoms with van der Waals surface area (Å²) in [7, 11) is 3.06. The quantitative estimate of drug-likeness (QED) is 0.922. The molecule has 0 spiro atoms. The van der Waals surface area contributed by atoms with Gasteiger partial charge in [-0.25, -0.2) is 0 Å². The lowest BCUT2D eigenvalue weighted by Gasteiger charge is -2.32. The molecule has 6 heteroatoms. The van der Waals surface area contributed by atoms with Crippen LogP contribution in [0.15, 0.2) is 36.4 Å². The third-order valence-electron chi connectivity index (χ3n) is 4.23. The smallest absolute Gasteiger partial charge is 0.260 e. The first-order valence-corrected chi connectivity index (χ1v) is 7.15. The summed E-state index contributed by atoms with van der Waals surface area (Å²) in [4.78, 5) is 26.8. The second-order valence-electron chi connectivity index (χ2n) is 5.36. The molecule has 2 aromatic carbocycles. The fourth-order valence-electron chi connectivity index (χ4n) is 3.16. The number of carbonyl (C=O) groups is 2. The molecule has 0 saturated heterocycles. The van der Waals surface area contributed by atoms with Gasteiger partial charge in [-0.1, -0.05) is 12.1 Å². The molecule has 1 unspecified atom stereocenters. The third kappa shape index (κ3) is 1.75. The first kappa shape index (κ1) is 13.6. The number of methoxy groups -OCH3 is 2. The first-order valence-electron chi connectivity index (χ1n) is 7.15. The predicted molar refractivity (Wildman–Crippen MR) is 83.0 cm³/mol. The highest BCUT2D eigenvalue weighted by Crippen LogP contribution is 2.44. The van der Waals surface area contributed by atoms with Gasteiger partial charge in [-0.05, 0) is 24.3 Å². The molecule has 2 heterocycles. The molecule has 6 nitrogen and oxygen atoms in total. The second-order valence-corrected chi connectivity index (χ2v) is 5.36. The summed E-state index contributed by atoms with van der Waals surface area (Å²) in [6.45, 7) is 0. The van der Waals surface area contributed by atoms with Crippen molar-refractivity contribution in [1.29, 1.82) is 0 Å². The van der Waals surface area contributed by atoms with Crippen molar-refractivity contribution in [2.24, 2.45) is 0 Å². The largest absolute Gasteiger partial charge is 0.493 e. The number of benzene rings is 2. The Labute approximate surface area is 132 Å². The maximum Gasteiger partial charge on any atom is 0.260 e. The van der Waals surface area contributed by atoms with Gasteiger partial charge < -0.3 is 14.8 Å². The van der Waals surface area contributed by atoms with E-state index in [-0.39, 0.29) is 11.8 Å². The third-order valence-corrected chi connectivity index (χ3v) is 4.23. The van der Waals surface area contributed by atoms with Crippen LogP contribution in [0.1, 0.15) is 32.4 Å². The number of hydrogen-bond donors (Lipinski definition) is 1. The maximum absolute atomic E-state index is 12.8. The van der Waals surface area contributed by atoms with Crippen molar-refractivity contribution in [2.75, 3.05) is 19.1 Å². The van der Waals surface area contributed by atoms with Crippen LogP contribution in [0.4, 0.5) is 5.69 Å². The van der Waals surface area contributed by atoms with Crippen LogP contribution >= 0.6 is 0 Å². The van der Waals surface area contributed by atoms with Crippen LogP contribution in [0.5, 0.6) is 11.5 Å². The van der Waals surface area contributed by atoms with Gasteiger partial charge in [-0.3, -0.25) is 14.5 Å². The molecule has 1 N–H and O–H groups in total. The van der Waals surface area contributed by atoms with Gasteiger partial charge in [0.1, 0.15) is 6.17 Å². The minimum atomic E-state index is -0.528. The number of amides is 2. The van der Waals surface area contributed by atoms with E-state index in [1.165, 1.54) is 14.2 Å². The van der Waals surface area contributed by atoms with Gasteiger partial charge in [0.05, 0.1) is 31.0 Å². The highest BCUT2D eigenvalue weighted by molar-refractivity contribution is 6.17. The van der Waals surface area contributed by atoms with E-state index < -0.39 is 6.17 Å². The Balaban J connectivity index is 1.92. The Hall–Kier alpha value is -3.02. The normalized spacial score (nSPS) is 18.0. The summed E-state index contributed by atoms with van der Waals surface area (Å²) < 4.78 is 10.6. The van der Waals surface area contributed by atoms with E-state index in [0.717, 1.165) is 0 Å². The number of rotatable bonds is 2. The number of nitrogens with one attached hydrogen (secondary N) is 1.